The Labute approximate surface area is 176 Å². The average molecular weight is 412 g/mol. The van der Waals surface area contributed by atoms with Gasteiger partial charge in [0.15, 0.2) is 0 Å². The van der Waals surface area contributed by atoms with Gasteiger partial charge >= 0.3 is 11.9 Å². The summed E-state index contributed by atoms with van der Waals surface area (Å²) in [7, 11) is 0. The molecule has 0 aromatic rings. The van der Waals surface area contributed by atoms with Gasteiger partial charge < -0.3 is 19.9 Å². The number of aliphatic hydroxyl groups is 1. The number of carbonyl (C=O) groups is 2. The number of esters is 2. The molecular weight excluding hydrogens is 370 g/mol. The lowest BCUT2D eigenvalue weighted by Gasteiger charge is -2.30. The van der Waals surface area contributed by atoms with Crippen LogP contribution in [0.1, 0.15) is 78.6 Å². The van der Waals surface area contributed by atoms with Crippen molar-refractivity contribution < 1.29 is 24.2 Å². The predicted octanol–water partition coefficient (Wildman–Crippen LogP) is 3.76. The van der Waals surface area contributed by atoms with Crippen LogP contribution in [0.2, 0.25) is 0 Å². The summed E-state index contributed by atoms with van der Waals surface area (Å²) < 4.78 is 10.1. The third-order valence-electron chi connectivity index (χ3n) is 5.60. The first-order valence-corrected chi connectivity index (χ1v) is 11.4. The molecule has 0 aromatic carbocycles. The van der Waals surface area contributed by atoms with Gasteiger partial charge in [-0.15, -0.1) is 0 Å². The van der Waals surface area contributed by atoms with Crippen LogP contribution < -0.4 is 5.32 Å². The molecule has 0 aromatic heterocycles. The van der Waals surface area contributed by atoms with Crippen LogP contribution in [0.15, 0.2) is 12.2 Å². The Bertz CT molecular complexity index is 486. The molecule has 6 nitrogen and oxygen atoms in total. The molecule has 0 amide bonds. The lowest BCUT2D eigenvalue weighted by Crippen LogP contribution is -2.40. The number of allylic oxidation sites excluding steroid dienone is 1. The number of aliphatic hydroxyl groups excluding tert-OH is 1. The van der Waals surface area contributed by atoms with Crippen LogP contribution >= 0.6 is 0 Å². The van der Waals surface area contributed by atoms with E-state index < -0.39 is 6.04 Å². The zero-order chi connectivity index (χ0) is 21.5. The maximum Gasteiger partial charge on any atom is 0.323 e. The highest BCUT2D eigenvalue weighted by Crippen LogP contribution is 2.31. The molecule has 1 fully saturated rings. The second kappa shape index (κ2) is 15.4. The molecule has 29 heavy (non-hydrogen) atoms. The van der Waals surface area contributed by atoms with Crippen LogP contribution in [0.5, 0.6) is 0 Å². The second-order valence-corrected chi connectivity index (χ2v) is 8.04. The highest BCUT2D eigenvalue weighted by atomic mass is 16.5. The number of rotatable bonds is 14. The molecule has 0 bridgehead atoms. The fraction of sp³-hybridized carbons (Fsp3) is 0.826. The normalized spacial score (nSPS) is 21.7. The fourth-order valence-corrected chi connectivity index (χ4v) is 3.77. The molecule has 1 aliphatic rings. The maximum atomic E-state index is 12.2. The first kappa shape index (κ1) is 25.6. The third-order valence-corrected chi connectivity index (χ3v) is 5.60. The molecule has 168 valence electrons. The summed E-state index contributed by atoms with van der Waals surface area (Å²) in [6, 6.07) is -0.408. The lowest BCUT2D eigenvalue weighted by molar-refractivity contribution is -0.145. The van der Waals surface area contributed by atoms with Crippen molar-refractivity contribution in [3.8, 4) is 0 Å². The van der Waals surface area contributed by atoms with Crippen LogP contribution in [0.25, 0.3) is 0 Å². The zero-order valence-corrected chi connectivity index (χ0v) is 18.5. The van der Waals surface area contributed by atoms with Crippen LogP contribution in [0.3, 0.4) is 0 Å². The van der Waals surface area contributed by atoms with E-state index in [1.165, 1.54) is 12.8 Å². The summed E-state index contributed by atoms with van der Waals surface area (Å²) in [4.78, 5) is 23.5. The Kier molecular flexibility index (Phi) is 13.7. The van der Waals surface area contributed by atoms with Crippen molar-refractivity contribution in [2.75, 3.05) is 19.8 Å². The number of hydrogen-bond donors (Lipinski definition) is 2. The molecule has 2 unspecified atom stereocenters. The molecule has 1 aliphatic carbocycles. The van der Waals surface area contributed by atoms with E-state index in [-0.39, 0.29) is 18.0 Å². The summed E-state index contributed by atoms with van der Waals surface area (Å²) in [5.41, 5.74) is 0. The van der Waals surface area contributed by atoms with Gasteiger partial charge in [-0.3, -0.25) is 9.59 Å². The standard InChI is InChI=1S/C23H41NO5/c1-4-28-22(26)11-9-7-6-8-10-20(23(27)29-5-2)24-17-16-21(25)19-14-12-18(3)13-15-19/h6,8,18-21,24-25H,4-5,7,9-17H2,1-3H3/b8-6-/t18-,19-,20?,21?. The molecule has 0 radical (unpaired) electrons. The van der Waals surface area contributed by atoms with Crippen molar-refractivity contribution in [2.24, 2.45) is 11.8 Å². The van der Waals surface area contributed by atoms with E-state index in [4.69, 9.17) is 9.47 Å². The first-order valence-electron chi connectivity index (χ1n) is 11.4. The monoisotopic (exact) mass is 411 g/mol. The average Bonchev–Trinajstić information content (AvgIpc) is 2.69. The van der Waals surface area contributed by atoms with Crippen molar-refractivity contribution in [3.63, 3.8) is 0 Å². The van der Waals surface area contributed by atoms with Gasteiger partial charge in [0, 0.05) is 6.42 Å². The molecule has 0 aliphatic heterocycles. The third kappa shape index (κ3) is 11.4. The van der Waals surface area contributed by atoms with E-state index in [9.17, 15) is 14.7 Å². The molecule has 6 heteroatoms. The van der Waals surface area contributed by atoms with Crippen LogP contribution in [-0.2, 0) is 19.1 Å². The van der Waals surface area contributed by atoms with Crippen molar-refractivity contribution in [1.29, 1.82) is 0 Å². The molecule has 2 N–H and O–H groups in total. The minimum Gasteiger partial charge on any atom is -0.466 e. The van der Waals surface area contributed by atoms with E-state index in [2.05, 4.69) is 12.2 Å². The zero-order valence-electron chi connectivity index (χ0n) is 18.5. The van der Waals surface area contributed by atoms with Crippen molar-refractivity contribution >= 4 is 11.9 Å². The van der Waals surface area contributed by atoms with Crippen molar-refractivity contribution in [1.82, 2.24) is 5.32 Å². The SMILES string of the molecule is CCOC(=O)CCC/C=C\CC(NCCC(O)[C@H]1CC[C@H](C)CC1)C(=O)OCC. The van der Waals surface area contributed by atoms with Gasteiger partial charge in [-0.2, -0.15) is 0 Å². The Hall–Kier alpha value is -1.40. The molecule has 0 spiro atoms. The van der Waals surface area contributed by atoms with Gasteiger partial charge in [0.1, 0.15) is 6.04 Å². The molecule has 2 atom stereocenters. The van der Waals surface area contributed by atoms with Crippen LogP contribution in [0, 0.1) is 11.8 Å². The van der Waals surface area contributed by atoms with Gasteiger partial charge in [0.25, 0.3) is 0 Å². The molecular formula is C23H41NO5. The summed E-state index contributed by atoms with van der Waals surface area (Å²) in [6.07, 6.45) is 11.3. The summed E-state index contributed by atoms with van der Waals surface area (Å²) in [5, 5.41) is 13.7. The Balaban J connectivity index is 2.33. The number of ether oxygens (including phenoxy) is 2. The van der Waals surface area contributed by atoms with Crippen LogP contribution in [0.4, 0.5) is 0 Å². The highest BCUT2D eigenvalue weighted by molar-refractivity contribution is 5.76. The van der Waals surface area contributed by atoms with Crippen molar-refractivity contribution in [3.05, 3.63) is 12.2 Å². The maximum absolute atomic E-state index is 12.2. The smallest absolute Gasteiger partial charge is 0.323 e. The Morgan fingerprint density at radius 1 is 1.10 bits per heavy atom. The van der Waals surface area contributed by atoms with Gasteiger partial charge in [-0.25, -0.2) is 0 Å². The predicted molar refractivity (Wildman–Crippen MR) is 114 cm³/mol. The van der Waals surface area contributed by atoms with Gasteiger partial charge in [0.05, 0.1) is 19.3 Å². The number of carbonyl (C=O) groups excluding carboxylic acids is 2. The number of hydrogen-bond acceptors (Lipinski definition) is 6. The topological polar surface area (TPSA) is 84.9 Å². The van der Waals surface area contributed by atoms with Crippen molar-refractivity contribution in [2.45, 2.75) is 90.7 Å². The summed E-state index contributed by atoms with van der Waals surface area (Å²) in [5.74, 6) is 0.727. The Morgan fingerprint density at radius 3 is 2.45 bits per heavy atom. The number of nitrogens with one attached hydrogen (secondary N) is 1. The van der Waals surface area contributed by atoms with E-state index in [0.717, 1.165) is 31.6 Å². The quantitative estimate of drug-likeness (QED) is 0.257. The summed E-state index contributed by atoms with van der Waals surface area (Å²) >= 11 is 0. The Morgan fingerprint density at radius 2 is 1.79 bits per heavy atom. The minimum absolute atomic E-state index is 0.169. The van der Waals surface area contributed by atoms with E-state index in [1.807, 2.05) is 12.2 Å². The minimum atomic E-state index is -0.408. The molecule has 1 rings (SSSR count). The first-order chi connectivity index (χ1) is 14.0. The van der Waals surface area contributed by atoms with E-state index in [1.54, 1.807) is 13.8 Å². The largest absolute Gasteiger partial charge is 0.466 e. The van der Waals surface area contributed by atoms with E-state index >= 15 is 0 Å². The summed E-state index contributed by atoms with van der Waals surface area (Å²) in [6.45, 7) is 7.23. The fourth-order valence-electron chi connectivity index (χ4n) is 3.77. The van der Waals surface area contributed by atoms with Crippen LogP contribution in [-0.4, -0.2) is 48.9 Å². The highest BCUT2D eigenvalue weighted by Gasteiger charge is 2.25. The molecule has 1 saturated carbocycles. The van der Waals surface area contributed by atoms with E-state index in [0.29, 0.717) is 44.9 Å². The molecule has 0 saturated heterocycles. The van der Waals surface area contributed by atoms with Gasteiger partial charge in [0.2, 0.25) is 0 Å². The lowest BCUT2D eigenvalue weighted by atomic mass is 9.79. The van der Waals surface area contributed by atoms with Gasteiger partial charge in [-0.1, -0.05) is 31.9 Å². The number of unbranched alkanes of at least 4 members (excludes halogenated alkanes) is 1. The second-order valence-electron chi connectivity index (χ2n) is 8.04. The van der Waals surface area contributed by atoms with Gasteiger partial charge in [-0.05, 0) is 70.8 Å². The molecule has 0 heterocycles.